The zero-order chi connectivity index (χ0) is 12.6. The van der Waals surface area contributed by atoms with Crippen LogP contribution in [0.2, 0.25) is 0 Å². The number of aliphatic hydroxyl groups is 1. The topological polar surface area (TPSA) is 54.4 Å². The number of hydrogen-bond donors (Lipinski definition) is 2. The second-order valence-corrected chi connectivity index (χ2v) is 4.25. The third kappa shape index (κ3) is 4.02. The van der Waals surface area contributed by atoms with Crippen LogP contribution in [0.1, 0.15) is 24.8 Å². The molecular formula is C14H18N2O2. The van der Waals surface area contributed by atoms with Gasteiger partial charge in [-0.15, -0.1) is 0 Å². The van der Waals surface area contributed by atoms with Crippen LogP contribution in [-0.4, -0.2) is 35.9 Å². The fourth-order valence-corrected chi connectivity index (χ4v) is 1.76. The van der Waals surface area contributed by atoms with Crippen LogP contribution in [0.5, 0.6) is 5.88 Å². The van der Waals surface area contributed by atoms with Crippen LogP contribution < -0.4 is 10.1 Å². The Morgan fingerprint density at radius 2 is 2.44 bits per heavy atom. The Morgan fingerprint density at radius 3 is 3.11 bits per heavy atom. The third-order valence-corrected chi connectivity index (χ3v) is 2.73. The highest BCUT2D eigenvalue weighted by Gasteiger charge is 2.15. The number of rotatable bonds is 4. The standard InChI is InChI=1S/C14H18N2O2/c17-9-3-1-2-4-12-5-6-14(16-10-12)18-13-7-8-15-11-13/h5-6,10,13,15,17H,1,3,7-9,11H2. The lowest BCUT2D eigenvalue weighted by Crippen LogP contribution is -2.19. The predicted octanol–water partition coefficient (Wildman–Crippen LogP) is 0.946. The zero-order valence-electron chi connectivity index (χ0n) is 10.4. The number of nitrogens with zero attached hydrogens (tertiary/aromatic N) is 1. The van der Waals surface area contributed by atoms with Crippen molar-refractivity contribution < 1.29 is 9.84 Å². The van der Waals surface area contributed by atoms with E-state index >= 15 is 0 Å². The molecule has 4 nitrogen and oxygen atoms in total. The summed E-state index contributed by atoms with van der Waals surface area (Å²) in [5.74, 6) is 6.66. The summed E-state index contributed by atoms with van der Waals surface area (Å²) in [5, 5.41) is 11.9. The van der Waals surface area contributed by atoms with Gasteiger partial charge in [-0.3, -0.25) is 0 Å². The molecule has 1 aromatic rings. The van der Waals surface area contributed by atoms with Crippen molar-refractivity contribution in [3.05, 3.63) is 23.9 Å². The summed E-state index contributed by atoms with van der Waals surface area (Å²) in [6.07, 6.45) is 4.42. The molecule has 0 radical (unpaired) electrons. The van der Waals surface area contributed by atoms with Crippen molar-refractivity contribution in [1.82, 2.24) is 10.3 Å². The molecule has 0 aliphatic carbocycles. The van der Waals surface area contributed by atoms with Gasteiger partial charge in [-0.2, -0.15) is 0 Å². The number of aliphatic hydroxyl groups excluding tert-OH is 1. The second-order valence-electron chi connectivity index (χ2n) is 4.25. The summed E-state index contributed by atoms with van der Waals surface area (Å²) in [4.78, 5) is 4.24. The lowest BCUT2D eigenvalue weighted by Gasteiger charge is -2.10. The first kappa shape index (κ1) is 12.9. The third-order valence-electron chi connectivity index (χ3n) is 2.73. The van der Waals surface area contributed by atoms with E-state index in [1.54, 1.807) is 6.20 Å². The normalized spacial score (nSPS) is 18.2. The van der Waals surface area contributed by atoms with Crippen molar-refractivity contribution in [3.8, 4) is 17.7 Å². The number of ether oxygens (including phenoxy) is 1. The Morgan fingerprint density at radius 1 is 1.50 bits per heavy atom. The first-order valence-electron chi connectivity index (χ1n) is 6.31. The Bertz CT molecular complexity index is 414. The van der Waals surface area contributed by atoms with Gasteiger partial charge in [0.25, 0.3) is 0 Å². The van der Waals surface area contributed by atoms with Gasteiger partial charge in [0.15, 0.2) is 0 Å². The highest BCUT2D eigenvalue weighted by atomic mass is 16.5. The molecule has 1 aliphatic rings. The van der Waals surface area contributed by atoms with E-state index in [0.717, 1.165) is 31.5 Å². The summed E-state index contributed by atoms with van der Waals surface area (Å²) >= 11 is 0. The van der Waals surface area contributed by atoms with Gasteiger partial charge in [-0.25, -0.2) is 4.98 Å². The zero-order valence-corrected chi connectivity index (χ0v) is 10.4. The van der Waals surface area contributed by atoms with Gasteiger partial charge in [0.1, 0.15) is 6.10 Å². The predicted molar refractivity (Wildman–Crippen MR) is 69.3 cm³/mol. The van der Waals surface area contributed by atoms with Gasteiger partial charge in [-0.1, -0.05) is 11.8 Å². The Hall–Kier alpha value is -1.57. The average molecular weight is 246 g/mol. The molecule has 2 rings (SSSR count). The summed E-state index contributed by atoms with van der Waals surface area (Å²) in [7, 11) is 0. The van der Waals surface area contributed by atoms with E-state index in [2.05, 4.69) is 22.1 Å². The largest absolute Gasteiger partial charge is 0.473 e. The van der Waals surface area contributed by atoms with Crippen LogP contribution in [0, 0.1) is 11.8 Å². The van der Waals surface area contributed by atoms with Gasteiger partial charge in [0, 0.05) is 37.4 Å². The molecule has 0 aromatic carbocycles. The molecule has 1 atom stereocenters. The van der Waals surface area contributed by atoms with E-state index < -0.39 is 0 Å². The summed E-state index contributed by atoms with van der Waals surface area (Å²) in [6.45, 7) is 2.10. The van der Waals surface area contributed by atoms with Gasteiger partial charge < -0.3 is 15.2 Å². The maximum atomic E-state index is 8.63. The van der Waals surface area contributed by atoms with Gasteiger partial charge in [0.2, 0.25) is 5.88 Å². The van der Waals surface area contributed by atoms with Crippen molar-refractivity contribution in [3.63, 3.8) is 0 Å². The molecule has 96 valence electrons. The van der Waals surface area contributed by atoms with Crippen LogP contribution in [0.15, 0.2) is 18.3 Å². The van der Waals surface area contributed by atoms with E-state index in [9.17, 15) is 0 Å². The lowest BCUT2D eigenvalue weighted by atomic mass is 10.2. The Labute approximate surface area is 107 Å². The highest BCUT2D eigenvalue weighted by Crippen LogP contribution is 2.12. The monoisotopic (exact) mass is 246 g/mol. The summed E-state index contributed by atoms with van der Waals surface area (Å²) in [5.41, 5.74) is 0.879. The quantitative estimate of drug-likeness (QED) is 0.613. The minimum absolute atomic E-state index is 0.190. The molecular weight excluding hydrogens is 228 g/mol. The van der Waals surface area contributed by atoms with Gasteiger partial charge in [-0.05, 0) is 25.5 Å². The molecule has 1 aliphatic heterocycles. The first-order valence-corrected chi connectivity index (χ1v) is 6.31. The van der Waals surface area contributed by atoms with Crippen molar-refractivity contribution in [2.45, 2.75) is 25.4 Å². The average Bonchev–Trinajstić information content (AvgIpc) is 2.89. The molecule has 0 bridgehead atoms. The van der Waals surface area contributed by atoms with Gasteiger partial charge in [0.05, 0.1) is 0 Å². The van der Waals surface area contributed by atoms with Crippen molar-refractivity contribution in [2.24, 2.45) is 0 Å². The van der Waals surface area contributed by atoms with Crippen molar-refractivity contribution >= 4 is 0 Å². The number of unbranched alkanes of at least 4 members (excludes halogenated alkanes) is 1. The van der Waals surface area contributed by atoms with Crippen LogP contribution in [0.3, 0.4) is 0 Å². The molecule has 2 heterocycles. The fourth-order valence-electron chi connectivity index (χ4n) is 1.76. The molecule has 2 N–H and O–H groups in total. The van der Waals surface area contributed by atoms with E-state index in [-0.39, 0.29) is 12.7 Å². The van der Waals surface area contributed by atoms with Crippen molar-refractivity contribution in [2.75, 3.05) is 19.7 Å². The van der Waals surface area contributed by atoms with E-state index in [0.29, 0.717) is 12.3 Å². The van der Waals surface area contributed by atoms with Crippen LogP contribution >= 0.6 is 0 Å². The number of aromatic nitrogens is 1. The van der Waals surface area contributed by atoms with Crippen LogP contribution in [-0.2, 0) is 0 Å². The molecule has 0 spiro atoms. The maximum Gasteiger partial charge on any atom is 0.213 e. The lowest BCUT2D eigenvalue weighted by molar-refractivity contribution is 0.214. The Balaban J connectivity index is 1.85. The summed E-state index contributed by atoms with van der Waals surface area (Å²) < 4.78 is 5.72. The summed E-state index contributed by atoms with van der Waals surface area (Å²) in [6, 6.07) is 3.77. The van der Waals surface area contributed by atoms with Gasteiger partial charge >= 0.3 is 0 Å². The molecule has 1 unspecified atom stereocenters. The van der Waals surface area contributed by atoms with E-state index in [1.807, 2.05) is 12.1 Å². The SMILES string of the molecule is OCCCC#Cc1ccc(OC2CCNC2)nc1. The number of nitrogens with one attached hydrogen (secondary N) is 1. The minimum Gasteiger partial charge on any atom is -0.473 e. The minimum atomic E-state index is 0.190. The number of pyridine rings is 1. The molecule has 0 saturated carbocycles. The second kappa shape index (κ2) is 7.00. The van der Waals surface area contributed by atoms with Crippen LogP contribution in [0.25, 0.3) is 0 Å². The molecule has 4 heteroatoms. The van der Waals surface area contributed by atoms with E-state index in [4.69, 9.17) is 9.84 Å². The first-order chi connectivity index (χ1) is 8.88. The fraction of sp³-hybridized carbons (Fsp3) is 0.500. The van der Waals surface area contributed by atoms with E-state index in [1.165, 1.54) is 0 Å². The smallest absolute Gasteiger partial charge is 0.213 e. The van der Waals surface area contributed by atoms with Crippen molar-refractivity contribution in [1.29, 1.82) is 0 Å². The number of hydrogen-bond acceptors (Lipinski definition) is 4. The van der Waals surface area contributed by atoms with Crippen LogP contribution in [0.4, 0.5) is 0 Å². The highest BCUT2D eigenvalue weighted by molar-refractivity contribution is 5.33. The maximum absolute atomic E-state index is 8.63. The Kier molecular flexibility index (Phi) is 5.00. The molecule has 1 fully saturated rings. The molecule has 18 heavy (non-hydrogen) atoms. The molecule has 0 amide bonds. The molecule has 1 aromatic heterocycles. The molecule has 1 saturated heterocycles.